The van der Waals surface area contributed by atoms with E-state index in [0.29, 0.717) is 17.7 Å². The Kier molecular flexibility index (Phi) is 6.06. The number of allylic oxidation sites excluding steroid dienone is 1. The molecule has 2 aromatic rings. The van der Waals surface area contributed by atoms with E-state index < -0.39 is 29.3 Å². The summed E-state index contributed by atoms with van der Waals surface area (Å²) in [7, 11) is 1.23. The van der Waals surface area contributed by atoms with Crippen molar-refractivity contribution in [3.05, 3.63) is 82.3 Å². The van der Waals surface area contributed by atoms with E-state index in [4.69, 9.17) is 4.74 Å². The standard InChI is InChI=1S/C22H20F3NO3/c1-3-19-21(22(28)29-2)18(14-5-4-6-15(23)9-14)11-20(27)26(19)12-13-7-16(24)10-17(25)8-13/h4-10,18H,3,11-12H2,1-2H3. The largest absolute Gasteiger partial charge is 0.466 e. The Morgan fingerprint density at radius 2 is 1.79 bits per heavy atom. The maximum atomic E-state index is 13.7. The van der Waals surface area contributed by atoms with Gasteiger partial charge in [-0.2, -0.15) is 0 Å². The summed E-state index contributed by atoms with van der Waals surface area (Å²) < 4.78 is 45.8. The number of ether oxygens (including phenoxy) is 1. The molecule has 0 fully saturated rings. The molecule has 29 heavy (non-hydrogen) atoms. The molecule has 0 aromatic heterocycles. The lowest BCUT2D eigenvalue weighted by Crippen LogP contribution is -2.38. The van der Waals surface area contributed by atoms with Gasteiger partial charge in [-0.05, 0) is 41.8 Å². The maximum Gasteiger partial charge on any atom is 0.336 e. The Morgan fingerprint density at radius 1 is 1.10 bits per heavy atom. The van der Waals surface area contributed by atoms with Gasteiger partial charge in [0.1, 0.15) is 17.5 Å². The summed E-state index contributed by atoms with van der Waals surface area (Å²) >= 11 is 0. The van der Waals surface area contributed by atoms with E-state index >= 15 is 0 Å². The van der Waals surface area contributed by atoms with Gasteiger partial charge < -0.3 is 9.64 Å². The van der Waals surface area contributed by atoms with Gasteiger partial charge in [0.05, 0.1) is 19.2 Å². The van der Waals surface area contributed by atoms with Crippen molar-refractivity contribution in [2.24, 2.45) is 0 Å². The third-order valence-electron chi connectivity index (χ3n) is 4.92. The van der Waals surface area contributed by atoms with Crippen LogP contribution in [0.3, 0.4) is 0 Å². The average Bonchev–Trinajstić information content (AvgIpc) is 2.67. The molecule has 1 heterocycles. The van der Waals surface area contributed by atoms with Crippen molar-refractivity contribution in [1.82, 2.24) is 4.90 Å². The predicted molar refractivity (Wildman–Crippen MR) is 100.0 cm³/mol. The SMILES string of the molecule is CCC1=C(C(=O)OC)C(c2cccc(F)c2)CC(=O)N1Cc1cc(F)cc(F)c1. The lowest BCUT2D eigenvalue weighted by molar-refractivity contribution is -0.138. The van der Waals surface area contributed by atoms with Crippen molar-refractivity contribution in [3.8, 4) is 0 Å². The molecule has 1 aliphatic heterocycles. The van der Waals surface area contributed by atoms with E-state index in [1.54, 1.807) is 13.0 Å². The number of nitrogens with zero attached hydrogens (tertiary/aromatic N) is 1. The van der Waals surface area contributed by atoms with Crippen LogP contribution in [-0.2, 0) is 20.9 Å². The van der Waals surface area contributed by atoms with Crippen molar-refractivity contribution in [1.29, 1.82) is 0 Å². The molecule has 1 atom stereocenters. The zero-order valence-corrected chi connectivity index (χ0v) is 16.0. The molecule has 1 unspecified atom stereocenters. The number of hydrogen-bond donors (Lipinski definition) is 0. The Bertz CT molecular complexity index is 967. The van der Waals surface area contributed by atoms with Gasteiger partial charge in [0, 0.05) is 24.1 Å². The smallest absolute Gasteiger partial charge is 0.336 e. The summed E-state index contributed by atoms with van der Waals surface area (Å²) in [5, 5.41) is 0. The fraction of sp³-hybridized carbons (Fsp3) is 0.273. The second kappa shape index (κ2) is 8.51. The van der Waals surface area contributed by atoms with Crippen LogP contribution in [-0.4, -0.2) is 23.9 Å². The molecule has 1 aliphatic rings. The second-order valence-corrected chi connectivity index (χ2v) is 6.77. The van der Waals surface area contributed by atoms with E-state index in [2.05, 4.69) is 0 Å². The van der Waals surface area contributed by atoms with Gasteiger partial charge in [0.25, 0.3) is 0 Å². The highest BCUT2D eigenvalue weighted by Crippen LogP contribution is 2.39. The number of esters is 1. The number of carbonyl (C=O) groups excluding carboxylic acids is 2. The number of benzene rings is 2. The number of hydrogen-bond acceptors (Lipinski definition) is 3. The van der Waals surface area contributed by atoms with Crippen molar-refractivity contribution < 1.29 is 27.5 Å². The number of methoxy groups -OCH3 is 1. The van der Waals surface area contributed by atoms with Crippen LogP contribution < -0.4 is 0 Å². The summed E-state index contributed by atoms with van der Waals surface area (Å²) in [4.78, 5) is 26.9. The molecule has 0 saturated carbocycles. The normalized spacial score (nSPS) is 16.9. The zero-order chi connectivity index (χ0) is 21.1. The Hall–Kier alpha value is -3.09. The first-order chi connectivity index (χ1) is 13.8. The van der Waals surface area contributed by atoms with Crippen molar-refractivity contribution in [3.63, 3.8) is 0 Å². The monoisotopic (exact) mass is 403 g/mol. The van der Waals surface area contributed by atoms with Crippen LogP contribution in [0.15, 0.2) is 53.7 Å². The van der Waals surface area contributed by atoms with Gasteiger partial charge in [0.2, 0.25) is 5.91 Å². The topological polar surface area (TPSA) is 46.6 Å². The summed E-state index contributed by atoms with van der Waals surface area (Å²) in [5.41, 5.74) is 1.39. The third-order valence-corrected chi connectivity index (χ3v) is 4.92. The third kappa shape index (κ3) is 4.34. The molecule has 7 heteroatoms. The fourth-order valence-electron chi connectivity index (χ4n) is 3.71. The first kappa shape index (κ1) is 20.6. The molecule has 152 valence electrons. The quantitative estimate of drug-likeness (QED) is 0.693. The molecule has 0 bridgehead atoms. The molecule has 0 spiro atoms. The highest BCUT2D eigenvalue weighted by atomic mass is 19.1. The van der Waals surface area contributed by atoms with Crippen molar-refractivity contribution >= 4 is 11.9 Å². The van der Waals surface area contributed by atoms with Crippen LogP contribution in [0.1, 0.15) is 36.8 Å². The minimum atomic E-state index is -0.752. The number of amides is 1. The van der Waals surface area contributed by atoms with Crippen molar-refractivity contribution in [2.45, 2.75) is 32.2 Å². The number of halogens is 3. The Labute approximate surface area is 166 Å². The molecular weight excluding hydrogens is 383 g/mol. The van der Waals surface area contributed by atoms with Gasteiger partial charge >= 0.3 is 5.97 Å². The van der Waals surface area contributed by atoms with Gasteiger partial charge in [-0.15, -0.1) is 0 Å². The Morgan fingerprint density at radius 3 is 2.38 bits per heavy atom. The van der Waals surface area contributed by atoms with Gasteiger partial charge in [-0.25, -0.2) is 18.0 Å². The van der Waals surface area contributed by atoms with E-state index in [9.17, 15) is 22.8 Å². The molecule has 4 nitrogen and oxygen atoms in total. The van der Waals surface area contributed by atoms with Gasteiger partial charge in [0.15, 0.2) is 0 Å². The lowest BCUT2D eigenvalue weighted by Gasteiger charge is -2.35. The predicted octanol–water partition coefficient (Wildman–Crippen LogP) is 4.46. The van der Waals surface area contributed by atoms with Crippen LogP contribution in [0, 0.1) is 17.5 Å². The van der Waals surface area contributed by atoms with Gasteiger partial charge in [-0.1, -0.05) is 19.1 Å². The maximum absolute atomic E-state index is 13.7. The summed E-state index contributed by atoms with van der Waals surface area (Å²) in [6, 6.07) is 8.75. The molecule has 0 saturated heterocycles. The number of rotatable bonds is 5. The van der Waals surface area contributed by atoms with Crippen LogP contribution in [0.5, 0.6) is 0 Å². The summed E-state index contributed by atoms with van der Waals surface area (Å²) in [6.07, 6.45) is 0.217. The van der Waals surface area contributed by atoms with Gasteiger partial charge in [-0.3, -0.25) is 4.79 Å². The van der Waals surface area contributed by atoms with Crippen LogP contribution in [0.2, 0.25) is 0 Å². The van der Waals surface area contributed by atoms with Crippen molar-refractivity contribution in [2.75, 3.05) is 7.11 Å². The zero-order valence-electron chi connectivity index (χ0n) is 16.0. The number of carbonyl (C=O) groups is 2. The molecule has 0 radical (unpaired) electrons. The van der Waals surface area contributed by atoms with Crippen LogP contribution in [0.25, 0.3) is 0 Å². The van der Waals surface area contributed by atoms with E-state index in [1.807, 2.05) is 0 Å². The summed E-state index contributed by atoms with van der Waals surface area (Å²) in [6.45, 7) is 1.67. The fourth-order valence-corrected chi connectivity index (χ4v) is 3.71. The van der Waals surface area contributed by atoms with Crippen LogP contribution in [0.4, 0.5) is 13.2 Å². The van der Waals surface area contributed by atoms with E-state index in [-0.39, 0.29) is 30.0 Å². The molecule has 1 amide bonds. The lowest BCUT2D eigenvalue weighted by atomic mass is 9.82. The second-order valence-electron chi connectivity index (χ2n) is 6.77. The van der Waals surface area contributed by atoms with Crippen LogP contribution >= 0.6 is 0 Å². The highest BCUT2D eigenvalue weighted by molar-refractivity contribution is 5.95. The minimum absolute atomic E-state index is 0.0881. The first-order valence-corrected chi connectivity index (χ1v) is 9.16. The molecule has 0 N–H and O–H groups in total. The molecular formula is C22H20F3NO3. The Balaban J connectivity index is 2.09. The van der Waals surface area contributed by atoms with E-state index in [1.165, 1.54) is 30.2 Å². The minimum Gasteiger partial charge on any atom is -0.466 e. The molecule has 3 rings (SSSR count). The average molecular weight is 403 g/mol. The molecule has 0 aliphatic carbocycles. The summed E-state index contributed by atoms with van der Waals surface area (Å²) in [5.74, 6) is -3.60. The molecule has 2 aromatic carbocycles. The van der Waals surface area contributed by atoms with E-state index in [0.717, 1.165) is 18.2 Å². The highest BCUT2D eigenvalue weighted by Gasteiger charge is 2.37. The first-order valence-electron chi connectivity index (χ1n) is 9.16.